The smallest absolute Gasteiger partial charge is 0.326 e. The molecule has 2 heterocycles. The zero-order valence-corrected chi connectivity index (χ0v) is 13.3. The van der Waals surface area contributed by atoms with Crippen molar-refractivity contribution in [2.24, 2.45) is 11.8 Å². The number of likely N-dealkylation sites (tertiary alicyclic amines) is 1. The van der Waals surface area contributed by atoms with Crippen LogP contribution in [0.4, 0.5) is 0 Å². The van der Waals surface area contributed by atoms with E-state index >= 15 is 0 Å². The highest BCUT2D eigenvalue weighted by molar-refractivity contribution is 6.30. The third-order valence-electron chi connectivity index (χ3n) is 5.40. The summed E-state index contributed by atoms with van der Waals surface area (Å²) in [6, 6.07) is 4.59. The molecular formula is C17H18ClNO4. The van der Waals surface area contributed by atoms with Crippen molar-refractivity contribution < 1.29 is 19.4 Å². The van der Waals surface area contributed by atoms with E-state index in [4.69, 9.17) is 16.3 Å². The molecule has 1 aromatic carbocycles. The first kappa shape index (κ1) is 14.8. The van der Waals surface area contributed by atoms with E-state index in [0.29, 0.717) is 29.7 Å². The maximum atomic E-state index is 12.9. The number of rotatable bonds is 2. The van der Waals surface area contributed by atoms with Crippen molar-refractivity contribution in [2.45, 2.75) is 37.8 Å². The summed E-state index contributed by atoms with van der Waals surface area (Å²) in [5.41, 5.74) is 0.905. The van der Waals surface area contributed by atoms with Crippen LogP contribution in [0.3, 0.4) is 0 Å². The fourth-order valence-electron chi connectivity index (χ4n) is 4.39. The standard InChI is InChI=1S/C17H18ClNO4/c18-11-4-5-13-10(6-11)7-14(23-13)16(20)19-8-9-2-1-3-12(9)15(19)17(21)22/h4-6,9,12,14-15H,1-3,7-8H2,(H,21,22). The van der Waals surface area contributed by atoms with Gasteiger partial charge >= 0.3 is 5.97 Å². The fraction of sp³-hybridized carbons (Fsp3) is 0.529. The number of hydrogen-bond acceptors (Lipinski definition) is 3. The SMILES string of the molecule is O=C(O)C1C2CCCC2CN1C(=O)C1Cc2cc(Cl)ccc2O1. The number of hydrogen-bond donors (Lipinski definition) is 1. The van der Waals surface area contributed by atoms with Gasteiger partial charge in [-0.25, -0.2) is 4.79 Å². The second kappa shape index (κ2) is 5.41. The van der Waals surface area contributed by atoms with Crippen LogP contribution < -0.4 is 4.74 Å². The summed E-state index contributed by atoms with van der Waals surface area (Å²) in [5, 5.41) is 10.2. The van der Waals surface area contributed by atoms with Gasteiger partial charge in [0, 0.05) is 18.0 Å². The second-order valence-electron chi connectivity index (χ2n) is 6.69. The van der Waals surface area contributed by atoms with Crippen molar-refractivity contribution in [3.8, 4) is 5.75 Å². The number of halogens is 1. The summed E-state index contributed by atoms with van der Waals surface area (Å²) in [6.07, 6.45) is 2.79. The molecule has 0 radical (unpaired) electrons. The zero-order valence-electron chi connectivity index (χ0n) is 12.6. The van der Waals surface area contributed by atoms with Crippen LogP contribution in [0.5, 0.6) is 5.75 Å². The molecule has 4 rings (SSSR count). The summed E-state index contributed by atoms with van der Waals surface area (Å²) in [7, 11) is 0. The maximum Gasteiger partial charge on any atom is 0.326 e. The average molecular weight is 336 g/mol. The Morgan fingerprint density at radius 2 is 2.13 bits per heavy atom. The lowest BCUT2D eigenvalue weighted by Gasteiger charge is -2.26. The van der Waals surface area contributed by atoms with Crippen molar-refractivity contribution in [3.63, 3.8) is 0 Å². The molecule has 2 aliphatic heterocycles. The predicted octanol–water partition coefficient (Wildman–Crippen LogP) is 2.36. The number of carbonyl (C=O) groups excluding carboxylic acids is 1. The fourth-order valence-corrected chi connectivity index (χ4v) is 4.58. The van der Waals surface area contributed by atoms with Crippen molar-refractivity contribution in [1.29, 1.82) is 0 Å². The zero-order chi connectivity index (χ0) is 16.1. The summed E-state index contributed by atoms with van der Waals surface area (Å²) in [4.78, 5) is 26.1. The molecule has 4 atom stereocenters. The number of aliphatic carboxylic acids is 1. The summed E-state index contributed by atoms with van der Waals surface area (Å²) in [5.74, 6) is -0.0302. The topological polar surface area (TPSA) is 66.8 Å². The molecule has 5 nitrogen and oxygen atoms in total. The van der Waals surface area contributed by atoms with Gasteiger partial charge in [-0.2, -0.15) is 0 Å². The number of carboxylic acid groups (broad SMARTS) is 1. The van der Waals surface area contributed by atoms with Gasteiger partial charge in [-0.05, 0) is 48.4 Å². The molecule has 0 spiro atoms. The summed E-state index contributed by atoms with van der Waals surface area (Å²) < 4.78 is 5.74. The quantitative estimate of drug-likeness (QED) is 0.901. The molecule has 1 aliphatic carbocycles. The van der Waals surface area contributed by atoms with Gasteiger partial charge in [0.25, 0.3) is 5.91 Å². The van der Waals surface area contributed by atoms with E-state index in [9.17, 15) is 14.7 Å². The van der Waals surface area contributed by atoms with E-state index in [1.807, 2.05) is 0 Å². The Labute approximate surface area is 139 Å². The molecule has 1 amide bonds. The number of carboxylic acids is 1. The lowest BCUT2D eigenvalue weighted by Crippen LogP contribution is -2.48. The number of ether oxygens (including phenoxy) is 1. The molecule has 122 valence electrons. The van der Waals surface area contributed by atoms with E-state index < -0.39 is 18.1 Å². The minimum absolute atomic E-state index is 0.0923. The van der Waals surface area contributed by atoms with Crippen LogP contribution in [0.2, 0.25) is 5.02 Å². The third-order valence-corrected chi connectivity index (χ3v) is 5.63. The molecule has 1 saturated heterocycles. The van der Waals surface area contributed by atoms with E-state index in [1.165, 1.54) is 4.90 Å². The summed E-state index contributed by atoms with van der Waals surface area (Å²) in [6.45, 7) is 0.539. The highest BCUT2D eigenvalue weighted by Gasteiger charge is 2.51. The normalized spacial score (nSPS) is 31.6. The first-order chi connectivity index (χ1) is 11.0. The molecule has 2 fully saturated rings. The number of benzene rings is 1. The number of amides is 1. The van der Waals surface area contributed by atoms with E-state index in [0.717, 1.165) is 24.8 Å². The van der Waals surface area contributed by atoms with Gasteiger partial charge in [0.2, 0.25) is 0 Å². The van der Waals surface area contributed by atoms with Crippen LogP contribution in [0.25, 0.3) is 0 Å². The Balaban J connectivity index is 1.54. The lowest BCUT2D eigenvalue weighted by atomic mass is 9.94. The minimum atomic E-state index is -0.897. The van der Waals surface area contributed by atoms with E-state index in [2.05, 4.69) is 0 Å². The predicted molar refractivity (Wildman–Crippen MR) is 83.5 cm³/mol. The molecule has 4 unspecified atom stereocenters. The third kappa shape index (κ3) is 2.38. The van der Waals surface area contributed by atoms with Crippen molar-refractivity contribution in [1.82, 2.24) is 4.90 Å². The minimum Gasteiger partial charge on any atom is -0.480 e. The van der Waals surface area contributed by atoms with Gasteiger partial charge in [-0.3, -0.25) is 4.79 Å². The molecule has 6 heteroatoms. The number of fused-ring (bicyclic) bond motifs is 2. The lowest BCUT2D eigenvalue weighted by molar-refractivity contribution is -0.152. The Kier molecular flexibility index (Phi) is 3.48. The van der Waals surface area contributed by atoms with E-state index in [-0.39, 0.29) is 11.8 Å². The van der Waals surface area contributed by atoms with Crippen LogP contribution in [-0.4, -0.2) is 40.6 Å². The molecule has 1 aromatic rings. The summed E-state index contributed by atoms with van der Waals surface area (Å²) >= 11 is 5.98. The van der Waals surface area contributed by atoms with Crippen molar-refractivity contribution in [3.05, 3.63) is 28.8 Å². The molecule has 0 bridgehead atoms. The van der Waals surface area contributed by atoms with Crippen LogP contribution in [0.15, 0.2) is 18.2 Å². The average Bonchev–Trinajstić information content (AvgIpc) is 3.18. The second-order valence-corrected chi connectivity index (χ2v) is 7.13. The van der Waals surface area contributed by atoms with Crippen molar-refractivity contribution >= 4 is 23.5 Å². The molecule has 0 aromatic heterocycles. The Hall–Kier alpha value is -1.75. The van der Waals surface area contributed by atoms with Gasteiger partial charge in [0.15, 0.2) is 6.10 Å². The first-order valence-corrected chi connectivity index (χ1v) is 8.41. The first-order valence-electron chi connectivity index (χ1n) is 8.03. The molecule has 1 N–H and O–H groups in total. The highest BCUT2D eigenvalue weighted by atomic mass is 35.5. The maximum absolute atomic E-state index is 12.9. The van der Waals surface area contributed by atoms with Gasteiger partial charge in [-0.1, -0.05) is 18.0 Å². The molecular weight excluding hydrogens is 318 g/mol. The van der Waals surface area contributed by atoms with Gasteiger partial charge in [0.1, 0.15) is 11.8 Å². The van der Waals surface area contributed by atoms with Crippen LogP contribution in [0, 0.1) is 11.8 Å². The van der Waals surface area contributed by atoms with Gasteiger partial charge in [-0.15, -0.1) is 0 Å². The van der Waals surface area contributed by atoms with Crippen LogP contribution in [-0.2, 0) is 16.0 Å². The largest absolute Gasteiger partial charge is 0.480 e. The number of nitrogens with zero attached hydrogens (tertiary/aromatic N) is 1. The molecule has 23 heavy (non-hydrogen) atoms. The highest BCUT2D eigenvalue weighted by Crippen LogP contribution is 2.43. The monoisotopic (exact) mass is 335 g/mol. The Morgan fingerprint density at radius 3 is 2.91 bits per heavy atom. The van der Waals surface area contributed by atoms with Crippen LogP contribution in [0.1, 0.15) is 24.8 Å². The number of carbonyl (C=O) groups is 2. The Bertz CT molecular complexity index is 677. The van der Waals surface area contributed by atoms with Crippen LogP contribution >= 0.6 is 11.6 Å². The van der Waals surface area contributed by atoms with Gasteiger partial charge < -0.3 is 14.7 Å². The van der Waals surface area contributed by atoms with Gasteiger partial charge in [0.05, 0.1) is 0 Å². The van der Waals surface area contributed by atoms with Crippen molar-refractivity contribution in [2.75, 3.05) is 6.54 Å². The Morgan fingerprint density at radius 1 is 1.30 bits per heavy atom. The molecule has 1 saturated carbocycles. The molecule has 3 aliphatic rings. The van der Waals surface area contributed by atoms with E-state index in [1.54, 1.807) is 18.2 Å².